The van der Waals surface area contributed by atoms with Gasteiger partial charge in [-0.3, -0.25) is 0 Å². The van der Waals surface area contributed by atoms with Gasteiger partial charge in [-0.25, -0.2) is 0 Å². The summed E-state index contributed by atoms with van der Waals surface area (Å²) < 4.78 is 0. The molecular formula is C19H28. The zero-order chi connectivity index (χ0) is 13.8. The maximum absolute atomic E-state index is 2.31. The summed E-state index contributed by atoms with van der Waals surface area (Å²) in [6.45, 7) is 8.98. The Balaban J connectivity index is 0.000000163. The lowest BCUT2D eigenvalue weighted by Crippen LogP contribution is -2.07. The standard InChI is InChI=1S/C12H18.C7H10/c1-9-7-8-11-5-3-4-6-12(11)10(9)2;1-6-4-3-5-7(6)2/h3-8H2,1-2H3;3-6H,1-2H3. The fraction of sp³-hybridized carbons (Fsp3) is 0.579. The van der Waals surface area contributed by atoms with Crippen molar-refractivity contribution in [1.29, 1.82) is 0 Å². The quantitative estimate of drug-likeness (QED) is 0.489. The largest absolute Gasteiger partial charge is 0.0776 e. The van der Waals surface area contributed by atoms with Crippen LogP contribution in [0.1, 0.15) is 66.2 Å². The molecule has 0 N–H and O–H groups in total. The van der Waals surface area contributed by atoms with Crippen molar-refractivity contribution in [3.8, 4) is 0 Å². The van der Waals surface area contributed by atoms with E-state index in [2.05, 4.69) is 45.9 Å². The van der Waals surface area contributed by atoms with E-state index in [1.165, 1.54) is 44.1 Å². The first-order chi connectivity index (χ1) is 9.09. The number of hydrogen-bond donors (Lipinski definition) is 0. The molecule has 0 aromatic carbocycles. The van der Waals surface area contributed by atoms with Crippen molar-refractivity contribution < 1.29 is 0 Å². The SMILES string of the molecule is CC1=C(C)C2=C(CCCC2)CC1.CC1=CC=CC1C. The molecule has 0 nitrogen and oxygen atoms in total. The molecule has 0 aromatic rings. The number of allylic oxidation sites excluding steroid dienone is 8. The summed E-state index contributed by atoms with van der Waals surface area (Å²) in [4.78, 5) is 0. The smallest absolute Gasteiger partial charge is 0.00482 e. The molecule has 1 unspecified atom stereocenters. The van der Waals surface area contributed by atoms with Gasteiger partial charge in [0.1, 0.15) is 0 Å². The highest BCUT2D eigenvalue weighted by Gasteiger charge is 2.18. The topological polar surface area (TPSA) is 0 Å². The van der Waals surface area contributed by atoms with Gasteiger partial charge in [-0.1, -0.05) is 41.9 Å². The summed E-state index contributed by atoms with van der Waals surface area (Å²) in [5.41, 5.74) is 8.24. The second-order valence-electron chi connectivity index (χ2n) is 6.28. The Morgan fingerprint density at radius 3 is 2.26 bits per heavy atom. The average Bonchev–Trinajstić information content (AvgIpc) is 2.79. The van der Waals surface area contributed by atoms with Crippen molar-refractivity contribution in [1.82, 2.24) is 0 Å². The molecule has 104 valence electrons. The average molecular weight is 256 g/mol. The molecule has 0 heterocycles. The molecular weight excluding hydrogens is 228 g/mol. The lowest BCUT2D eigenvalue weighted by Gasteiger charge is -2.26. The summed E-state index contributed by atoms with van der Waals surface area (Å²) in [7, 11) is 0. The Bertz CT molecular complexity index is 454. The van der Waals surface area contributed by atoms with Crippen molar-refractivity contribution in [2.24, 2.45) is 5.92 Å². The molecule has 0 spiro atoms. The van der Waals surface area contributed by atoms with E-state index in [0.29, 0.717) is 5.92 Å². The molecule has 3 aliphatic carbocycles. The number of rotatable bonds is 0. The van der Waals surface area contributed by atoms with Gasteiger partial charge in [-0.05, 0) is 76.4 Å². The Labute approximate surface area is 119 Å². The zero-order valence-electron chi connectivity index (χ0n) is 13.1. The minimum Gasteiger partial charge on any atom is -0.0776 e. The van der Waals surface area contributed by atoms with Crippen LogP contribution in [-0.2, 0) is 0 Å². The van der Waals surface area contributed by atoms with Crippen LogP contribution < -0.4 is 0 Å². The monoisotopic (exact) mass is 256 g/mol. The van der Waals surface area contributed by atoms with Crippen LogP contribution >= 0.6 is 0 Å². The van der Waals surface area contributed by atoms with Crippen LogP contribution in [0.3, 0.4) is 0 Å². The van der Waals surface area contributed by atoms with Gasteiger partial charge in [-0.2, -0.15) is 0 Å². The summed E-state index contributed by atoms with van der Waals surface area (Å²) in [6.07, 6.45) is 14.8. The zero-order valence-corrected chi connectivity index (χ0v) is 13.1. The van der Waals surface area contributed by atoms with E-state index >= 15 is 0 Å². The Morgan fingerprint density at radius 2 is 1.68 bits per heavy atom. The third-order valence-electron chi connectivity index (χ3n) is 4.95. The number of hydrogen-bond acceptors (Lipinski definition) is 0. The fourth-order valence-electron chi connectivity index (χ4n) is 3.16. The summed E-state index contributed by atoms with van der Waals surface area (Å²) in [5.74, 6) is 0.694. The lowest BCUT2D eigenvalue weighted by molar-refractivity contribution is 0.635. The van der Waals surface area contributed by atoms with E-state index in [9.17, 15) is 0 Å². The van der Waals surface area contributed by atoms with Crippen molar-refractivity contribution in [3.05, 3.63) is 46.1 Å². The fourth-order valence-corrected chi connectivity index (χ4v) is 3.16. The van der Waals surface area contributed by atoms with Crippen LogP contribution in [0.2, 0.25) is 0 Å². The van der Waals surface area contributed by atoms with E-state index in [1.807, 2.05) is 0 Å². The highest BCUT2D eigenvalue weighted by molar-refractivity contribution is 5.41. The van der Waals surface area contributed by atoms with Crippen LogP contribution in [-0.4, -0.2) is 0 Å². The molecule has 0 bridgehead atoms. The van der Waals surface area contributed by atoms with Crippen molar-refractivity contribution >= 4 is 0 Å². The molecule has 0 heteroatoms. The predicted molar refractivity (Wildman–Crippen MR) is 85.2 cm³/mol. The first kappa shape index (κ1) is 14.4. The molecule has 3 rings (SSSR count). The third kappa shape index (κ3) is 3.49. The van der Waals surface area contributed by atoms with Crippen LogP contribution in [0.4, 0.5) is 0 Å². The highest BCUT2D eigenvalue weighted by atomic mass is 14.2. The normalized spacial score (nSPS) is 25.9. The molecule has 19 heavy (non-hydrogen) atoms. The summed E-state index contributed by atoms with van der Waals surface area (Å²) in [5, 5.41) is 0. The molecule has 3 aliphatic rings. The van der Waals surface area contributed by atoms with Crippen LogP contribution in [0.5, 0.6) is 0 Å². The minimum absolute atomic E-state index is 0.694. The van der Waals surface area contributed by atoms with Gasteiger partial charge in [0.25, 0.3) is 0 Å². The Hall–Kier alpha value is -1.04. The molecule has 0 saturated heterocycles. The van der Waals surface area contributed by atoms with Gasteiger partial charge in [0.2, 0.25) is 0 Å². The first-order valence-corrected chi connectivity index (χ1v) is 7.82. The molecule has 0 fully saturated rings. The highest BCUT2D eigenvalue weighted by Crippen LogP contribution is 2.38. The molecule has 0 amide bonds. The summed E-state index contributed by atoms with van der Waals surface area (Å²) >= 11 is 0. The van der Waals surface area contributed by atoms with E-state index in [1.54, 1.807) is 22.3 Å². The van der Waals surface area contributed by atoms with Crippen LogP contribution in [0.15, 0.2) is 46.1 Å². The Morgan fingerprint density at radius 1 is 0.947 bits per heavy atom. The maximum atomic E-state index is 2.31. The van der Waals surface area contributed by atoms with Crippen LogP contribution in [0, 0.1) is 5.92 Å². The van der Waals surface area contributed by atoms with Crippen molar-refractivity contribution in [2.75, 3.05) is 0 Å². The van der Waals surface area contributed by atoms with Gasteiger partial charge in [0.05, 0.1) is 0 Å². The van der Waals surface area contributed by atoms with Gasteiger partial charge in [0, 0.05) is 0 Å². The van der Waals surface area contributed by atoms with E-state index < -0.39 is 0 Å². The lowest BCUT2D eigenvalue weighted by atomic mass is 9.79. The molecule has 1 atom stereocenters. The van der Waals surface area contributed by atoms with Gasteiger partial charge in [-0.15, -0.1) is 0 Å². The van der Waals surface area contributed by atoms with Gasteiger partial charge < -0.3 is 0 Å². The second kappa shape index (κ2) is 6.41. The molecule has 0 aromatic heterocycles. The van der Waals surface area contributed by atoms with E-state index in [0.717, 1.165) is 0 Å². The van der Waals surface area contributed by atoms with E-state index in [-0.39, 0.29) is 0 Å². The minimum atomic E-state index is 0.694. The van der Waals surface area contributed by atoms with Gasteiger partial charge >= 0.3 is 0 Å². The van der Waals surface area contributed by atoms with Crippen LogP contribution in [0.25, 0.3) is 0 Å². The maximum Gasteiger partial charge on any atom is -0.00482 e. The second-order valence-corrected chi connectivity index (χ2v) is 6.28. The Kier molecular flexibility index (Phi) is 4.85. The first-order valence-electron chi connectivity index (χ1n) is 7.82. The third-order valence-corrected chi connectivity index (χ3v) is 4.95. The summed E-state index contributed by atoms with van der Waals surface area (Å²) in [6, 6.07) is 0. The molecule has 0 aliphatic heterocycles. The predicted octanol–water partition coefficient (Wildman–Crippen LogP) is 6.13. The van der Waals surface area contributed by atoms with E-state index in [4.69, 9.17) is 0 Å². The molecule has 0 radical (unpaired) electrons. The van der Waals surface area contributed by atoms with Gasteiger partial charge in [0.15, 0.2) is 0 Å². The van der Waals surface area contributed by atoms with Crippen molar-refractivity contribution in [3.63, 3.8) is 0 Å². The molecule has 0 saturated carbocycles. The van der Waals surface area contributed by atoms with Crippen molar-refractivity contribution in [2.45, 2.75) is 66.2 Å².